The first kappa shape index (κ1) is 11.2. The van der Waals surface area contributed by atoms with E-state index in [9.17, 15) is 0 Å². The molecular formula is C10H19N3O. The molecule has 4 nitrogen and oxygen atoms in total. The maximum atomic E-state index is 8.71. The smallest absolute Gasteiger partial charge is 0.0849 e. The average Bonchev–Trinajstić information content (AvgIpc) is 2.49. The van der Waals surface area contributed by atoms with Crippen LogP contribution >= 0.6 is 0 Å². The van der Waals surface area contributed by atoms with E-state index in [4.69, 9.17) is 5.11 Å². The van der Waals surface area contributed by atoms with Crippen LogP contribution in [-0.2, 0) is 13.0 Å². The summed E-state index contributed by atoms with van der Waals surface area (Å²) < 4.78 is 1.84. The molecule has 0 amide bonds. The van der Waals surface area contributed by atoms with Crippen molar-refractivity contribution in [2.75, 3.05) is 6.61 Å². The first-order valence-electron chi connectivity index (χ1n) is 5.01. The molecule has 0 radical (unpaired) electrons. The molecule has 0 saturated carbocycles. The highest BCUT2D eigenvalue weighted by Gasteiger charge is 2.10. The van der Waals surface area contributed by atoms with Crippen LogP contribution in [-0.4, -0.2) is 26.7 Å². The van der Waals surface area contributed by atoms with E-state index in [0.717, 1.165) is 18.7 Å². The Morgan fingerprint density at radius 1 is 1.43 bits per heavy atom. The lowest BCUT2D eigenvalue weighted by Crippen LogP contribution is -2.10. The largest absolute Gasteiger partial charge is 0.396 e. The minimum atomic E-state index is 0.137. The number of aryl methyl sites for hydroxylation is 1. The maximum absolute atomic E-state index is 8.71. The number of aliphatic hydroxyl groups excluding tert-OH is 1. The Balaban J connectivity index is 2.44. The lowest BCUT2D eigenvalue weighted by Gasteiger charge is -2.17. The van der Waals surface area contributed by atoms with Crippen LogP contribution in [0.3, 0.4) is 0 Å². The van der Waals surface area contributed by atoms with Gasteiger partial charge in [0.05, 0.1) is 5.69 Å². The first-order chi connectivity index (χ1) is 6.51. The van der Waals surface area contributed by atoms with Crippen LogP contribution in [0.4, 0.5) is 0 Å². The highest BCUT2D eigenvalue weighted by molar-refractivity contribution is 4.92. The SMILES string of the molecule is CC(C)(C)CCn1cc(CCO)nn1. The van der Waals surface area contributed by atoms with Gasteiger partial charge in [-0.1, -0.05) is 26.0 Å². The second-order valence-electron chi connectivity index (χ2n) is 4.76. The number of nitrogens with zero attached hydrogens (tertiary/aromatic N) is 3. The summed E-state index contributed by atoms with van der Waals surface area (Å²) in [5, 5.41) is 16.7. The Kier molecular flexibility index (Phi) is 3.63. The van der Waals surface area contributed by atoms with Gasteiger partial charge in [0.25, 0.3) is 0 Å². The molecule has 1 N–H and O–H groups in total. The normalized spacial score (nSPS) is 12.0. The van der Waals surface area contributed by atoms with Gasteiger partial charge in [0.1, 0.15) is 0 Å². The highest BCUT2D eigenvalue weighted by Crippen LogP contribution is 2.18. The molecule has 0 saturated heterocycles. The zero-order valence-corrected chi connectivity index (χ0v) is 9.19. The van der Waals surface area contributed by atoms with Crippen molar-refractivity contribution >= 4 is 0 Å². The number of aromatic nitrogens is 3. The van der Waals surface area contributed by atoms with E-state index in [1.165, 1.54) is 0 Å². The van der Waals surface area contributed by atoms with Gasteiger partial charge in [-0.3, -0.25) is 4.68 Å². The molecule has 80 valence electrons. The summed E-state index contributed by atoms with van der Waals surface area (Å²) in [4.78, 5) is 0. The molecule has 1 rings (SSSR count). The van der Waals surface area contributed by atoms with Crippen molar-refractivity contribution < 1.29 is 5.11 Å². The highest BCUT2D eigenvalue weighted by atomic mass is 16.3. The van der Waals surface area contributed by atoms with Crippen LogP contribution in [0.1, 0.15) is 32.9 Å². The van der Waals surface area contributed by atoms with Crippen LogP contribution in [0.15, 0.2) is 6.20 Å². The van der Waals surface area contributed by atoms with E-state index in [0.29, 0.717) is 11.8 Å². The van der Waals surface area contributed by atoms with Crippen molar-refractivity contribution in [3.63, 3.8) is 0 Å². The molecule has 0 unspecified atom stereocenters. The van der Waals surface area contributed by atoms with Crippen LogP contribution in [0.25, 0.3) is 0 Å². The Morgan fingerprint density at radius 2 is 2.14 bits per heavy atom. The monoisotopic (exact) mass is 197 g/mol. The third kappa shape index (κ3) is 3.87. The predicted octanol–water partition coefficient (Wildman–Crippen LogP) is 1.25. The van der Waals surface area contributed by atoms with Crippen molar-refractivity contribution in [3.05, 3.63) is 11.9 Å². The van der Waals surface area contributed by atoms with Gasteiger partial charge in [-0.15, -0.1) is 5.10 Å². The molecule has 0 aliphatic carbocycles. The van der Waals surface area contributed by atoms with Crippen molar-refractivity contribution in [3.8, 4) is 0 Å². The molecule has 1 heterocycles. The van der Waals surface area contributed by atoms with Crippen molar-refractivity contribution in [2.24, 2.45) is 5.41 Å². The number of aliphatic hydroxyl groups is 1. The standard InChI is InChI=1S/C10H19N3O/c1-10(2,3)5-6-13-8-9(4-7-14)11-12-13/h8,14H,4-7H2,1-3H3. The third-order valence-electron chi connectivity index (χ3n) is 2.04. The fourth-order valence-corrected chi connectivity index (χ4v) is 1.13. The van der Waals surface area contributed by atoms with E-state index < -0.39 is 0 Å². The van der Waals surface area contributed by atoms with Gasteiger partial charge in [-0.25, -0.2) is 0 Å². The molecule has 4 heteroatoms. The van der Waals surface area contributed by atoms with Crippen molar-refractivity contribution in [2.45, 2.75) is 40.2 Å². The van der Waals surface area contributed by atoms with E-state index in [1.807, 2.05) is 10.9 Å². The summed E-state index contributed by atoms with van der Waals surface area (Å²) in [6.45, 7) is 7.65. The molecule has 1 aromatic rings. The number of rotatable bonds is 4. The Labute approximate surface area is 84.9 Å². The van der Waals surface area contributed by atoms with Crippen LogP contribution in [0.5, 0.6) is 0 Å². The van der Waals surface area contributed by atoms with E-state index in [2.05, 4.69) is 31.1 Å². The summed E-state index contributed by atoms with van der Waals surface area (Å²) in [5.41, 5.74) is 1.18. The molecular weight excluding hydrogens is 178 g/mol. The molecule has 0 aromatic carbocycles. The van der Waals surface area contributed by atoms with Crippen LogP contribution < -0.4 is 0 Å². The maximum Gasteiger partial charge on any atom is 0.0849 e. The van der Waals surface area contributed by atoms with Gasteiger partial charge in [0.15, 0.2) is 0 Å². The average molecular weight is 197 g/mol. The Hall–Kier alpha value is -0.900. The molecule has 14 heavy (non-hydrogen) atoms. The predicted molar refractivity (Wildman–Crippen MR) is 54.9 cm³/mol. The fourth-order valence-electron chi connectivity index (χ4n) is 1.13. The minimum absolute atomic E-state index is 0.137. The Bertz CT molecular complexity index is 275. The van der Waals surface area contributed by atoms with Gasteiger partial charge in [0, 0.05) is 25.8 Å². The zero-order chi connectivity index (χ0) is 10.6. The van der Waals surface area contributed by atoms with Gasteiger partial charge in [0.2, 0.25) is 0 Å². The summed E-state index contributed by atoms with van der Waals surface area (Å²) in [6.07, 6.45) is 3.58. The molecule has 0 aliphatic rings. The topological polar surface area (TPSA) is 50.9 Å². The van der Waals surface area contributed by atoms with Crippen LogP contribution in [0.2, 0.25) is 0 Å². The van der Waals surface area contributed by atoms with E-state index in [-0.39, 0.29) is 6.61 Å². The summed E-state index contributed by atoms with van der Waals surface area (Å²) in [7, 11) is 0. The minimum Gasteiger partial charge on any atom is -0.396 e. The zero-order valence-electron chi connectivity index (χ0n) is 9.19. The third-order valence-corrected chi connectivity index (χ3v) is 2.04. The summed E-state index contributed by atoms with van der Waals surface area (Å²) in [5.74, 6) is 0. The van der Waals surface area contributed by atoms with Gasteiger partial charge >= 0.3 is 0 Å². The Morgan fingerprint density at radius 3 is 2.71 bits per heavy atom. The lowest BCUT2D eigenvalue weighted by molar-refractivity contribution is 0.298. The second-order valence-corrected chi connectivity index (χ2v) is 4.76. The molecule has 1 aromatic heterocycles. The van der Waals surface area contributed by atoms with E-state index in [1.54, 1.807) is 0 Å². The second kappa shape index (κ2) is 4.55. The van der Waals surface area contributed by atoms with Crippen molar-refractivity contribution in [1.82, 2.24) is 15.0 Å². The quantitative estimate of drug-likeness (QED) is 0.790. The van der Waals surface area contributed by atoms with Gasteiger partial charge in [-0.05, 0) is 11.8 Å². The summed E-state index contributed by atoms with van der Waals surface area (Å²) in [6, 6.07) is 0. The molecule has 0 spiro atoms. The van der Waals surface area contributed by atoms with Crippen LogP contribution in [0, 0.1) is 5.41 Å². The number of hydrogen-bond donors (Lipinski definition) is 1. The molecule has 0 aliphatic heterocycles. The first-order valence-corrected chi connectivity index (χ1v) is 5.01. The molecule has 0 fully saturated rings. The van der Waals surface area contributed by atoms with Gasteiger partial charge in [-0.2, -0.15) is 0 Å². The van der Waals surface area contributed by atoms with Crippen molar-refractivity contribution in [1.29, 1.82) is 0 Å². The van der Waals surface area contributed by atoms with E-state index >= 15 is 0 Å². The molecule has 0 bridgehead atoms. The lowest BCUT2D eigenvalue weighted by atomic mass is 9.92. The number of hydrogen-bond acceptors (Lipinski definition) is 3. The van der Waals surface area contributed by atoms with Gasteiger partial charge < -0.3 is 5.11 Å². The summed E-state index contributed by atoms with van der Waals surface area (Å²) >= 11 is 0. The fraction of sp³-hybridized carbons (Fsp3) is 0.800. The molecule has 0 atom stereocenters.